The van der Waals surface area contributed by atoms with Crippen molar-refractivity contribution in [3.63, 3.8) is 0 Å². The van der Waals surface area contributed by atoms with E-state index >= 15 is 0 Å². The minimum Gasteiger partial charge on any atom is -0.385 e. The first-order valence-corrected chi connectivity index (χ1v) is 9.89. The summed E-state index contributed by atoms with van der Waals surface area (Å²) in [5.74, 6) is -0.391. The number of alkyl halides is 3. The van der Waals surface area contributed by atoms with Crippen molar-refractivity contribution in [1.29, 1.82) is 0 Å². The van der Waals surface area contributed by atoms with Crippen molar-refractivity contribution in [1.82, 2.24) is 4.98 Å². The van der Waals surface area contributed by atoms with Crippen LogP contribution in [0.4, 0.5) is 23.2 Å². The van der Waals surface area contributed by atoms with Crippen LogP contribution in [0.15, 0.2) is 66.7 Å². The first kappa shape index (κ1) is 20.8. The number of rotatable bonds is 4. The fraction of sp³-hybridized carbons (Fsp3) is 0.160. The van der Waals surface area contributed by atoms with E-state index in [9.17, 15) is 17.6 Å². The topological polar surface area (TPSA) is 24.9 Å². The Morgan fingerprint density at radius 3 is 2.42 bits per heavy atom. The van der Waals surface area contributed by atoms with Crippen molar-refractivity contribution >= 4 is 16.6 Å². The molecule has 0 aliphatic heterocycles. The van der Waals surface area contributed by atoms with Gasteiger partial charge >= 0.3 is 6.18 Å². The van der Waals surface area contributed by atoms with Crippen LogP contribution in [0.25, 0.3) is 33.3 Å². The summed E-state index contributed by atoms with van der Waals surface area (Å²) in [6.07, 6.45) is -4.41. The molecule has 0 fully saturated rings. The molecule has 0 unspecified atom stereocenters. The molecule has 0 atom stereocenters. The van der Waals surface area contributed by atoms with Crippen molar-refractivity contribution in [2.75, 3.05) is 11.9 Å². The lowest BCUT2D eigenvalue weighted by Gasteiger charge is -2.12. The summed E-state index contributed by atoms with van der Waals surface area (Å²) < 4.78 is 54.0. The molecule has 1 heterocycles. The number of benzene rings is 3. The van der Waals surface area contributed by atoms with E-state index in [0.717, 1.165) is 29.9 Å². The maximum atomic E-state index is 15.0. The first-order chi connectivity index (χ1) is 14.8. The van der Waals surface area contributed by atoms with Crippen LogP contribution in [-0.4, -0.2) is 11.5 Å². The van der Waals surface area contributed by atoms with Crippen LogP contribution in [-0.2, 0) is 6.18 Å². The highest BCUT2D eigenvalue weighted by Gasteiger charge is 2.30. The second-order valence-corrected chi connectivity index (χ2v) is 7.36. The second-order valence-electron chi connectivity index (χ2n) is 7.36. The minimum atomic E-state index is -4.41. The van der Waals surface area contributed by atoms with Gasteiger partial charge in [0, 0.05) is 28.7 Å². The van der Waals surface area contributed by atoms with Gasteiger partial charge in [-0.25, -0.2) is 9.37 Å². The van der Waals surface area contributed by atoms with E-state index in [1.165, 1.54) is 12.1 Å². The summed E-state index contributed by atoms with van der Waals surface area (Å²) >= 11 is 0. The SMILES string of the molecule is CCNc1cccc(-c2ccc(-c3cc(C)c4cc(C(F)(F)F)ccc4n3)cc2F)c1. The average molecular weight is 424 g/mol. The van der Waals surface area contributed by atoms with E-state index in [2.05, 4.69) is 10.3 Å². The third-order valence-electron chi connectivity index (χ3n) is 5.16. The Kier molecular flexibility index (Phi) is 5.39. The summed E-state index contributed by atoms with van der Waals surface area (Å²) in [5.41, 5.74) is 3.58. The molecular formula is C25H20F4N2. The zero-order chi connectivity index (χ0) is 22.2. The van der Waals surface area contributed by atoms with Crippen LogP contribution in [0.5, 0.6) is 0 Å². The Bertz CT molecular complexity index is 1260. The molecule has 0 bridgehead atoms. The van der Waals surface area contributed by atoms with E-state index in [1.54, 1.807) is 25.1 Å². The van der Waals surface area contributed by atoms with Crippen molar-refractivity contribution in [2.24, 2.45) is 0 Å². The molecule has 1 aromatic heterocycles. The maximum absolute atomic E-state index is 15.0. The Hall–Kier alpha value is -3.41. The zero-order valence-electron chi connectivity index (χ0n) is 17.0. The van der Waals surface area contributed by atoms with E-state index < -0.39 is 17.6 Å². The number of aromatic nitrogens is 1. The molecule has 0 aliphatic carbocycles. The highest BCUT2D eigenvalue weighted by atomic mass is 19.4. The summed E-state index contributed by atoms with van der Waals surface area (Å²) in [6, 6.07) is 17.5. The van der Waals surface area contributed by atoms with Gasteiger partial charge in [-0.2, -0.15) is 13.2 Å². The molecule has 4 rings (SSSR count). The maximum Gasteiger partial charge on any atom is 0.416 e. The molecule has 0 saturated carbocycles. The van der Waals surface area contributed by atoms with Gasteiger partial charge in [0.1, 0.15) is 5.82 Å². The molecule has 0 aliphatic rings. The highest BCUT2D eigenvalue weighted by Crippen LogP contribution is 2.34. The van der Waals surface area contributed by atoms with Gasteiger partial charge in [0.2, 0.25) is 0 Å². The summed E-state index contributed by atoms with van der Waals surface area (Å²) in [5, 5.41) is 3.63. The molecule has 4 aromatic rings. The van der Waals surface area contributed by atoms with Crippen LogP contribution in [0.1, 0.15) is 18.1 Å². The molecule has 3 aromatic carbocycles. The third kappa shape index (κ3) is 4.24. The van der Waals surface area contributed by atoms with E-state index in [4.69, 9.17) is 0 Å². The summed E-state index contributed by atoms with van der Waals surface area (Å²) in [6.45, 7) is 4.48. The normalized spacial score (nSPS) is 11.7. The molecule has 0 spiro atoms. The average Bonchev–Trinajstić information content (AvgIpc) is 2.73. The Morgan fingerprint density at radius 2 is 1.71 bits per heavy atom. The lowest BCUT2D eigenvalue weighted by Crippen LogP contribution is -2.04. The quantitative estimate of drug-likeness (QED) is 0.344. The number of halogens is 4. The van der Waals surface area contributed by atoms with Gasteiger partial charge in [0.05, 0.1) is 16.8 Å². The molecule has 1 N–H and O–H groups in total. The molecule has 6 heteroatoms. The van der Waals surface area contributed by atoms with E-state index in [1.807, 2.05) is 31.2 Å². The van der Waals surface area contributed by atoms with Crippen molar-refractivity contribution in [3.8, 4) is 22.4 Å². The number of nitrogens with zero attached hydrogens (tertiary/aromatic N) is 1. The van der Waals surface area contributed by atoms with Crippen molar-refractivity contribution < 1.29 is 17.6 Å². The summed E-state index contributed by atoms with van der Waals surface area (Å²) in [4.78, 5) is 4.47. The van der Waals surface area contributed by atoms with Crippen LogP contribution in [0.2, 0.25) is 0 Å². The van der Waals surface area contributed by atoms with E-state index in [0.29, 0.717) is 33.3 Å². The number of anilines is 1. The predicted molar refractivity (Wildman–Crippen MR) is 116 cm³/mol. The Labute approximate surface area is 177 Å². The van der Waals surface area contributed by atoms with Gasteiger partial charge in [-0.1, -0.05) is 24.3 Å². The number of nitrogens with one attached hydrogen (secondary N) is 1. The van der Waals surface area contributed by atoms with E-state index in [-0.39, 0.29) is 0 Å². The standard InChI is InChI=1S/C25H20F4N2/c1-3-30-19-6-4-5-16(12-19)20-9-7-17(13-22(20)26)24-11-15(2)21-14-18(25(27,28)29)8-10-23(21)31-24/h4-14,30H,3H2,1-2H3. The number of hydrogen-bond donors (Lipinski definition) is 1. The molecular weight excluding hydrogens is 404 g/mol. The van der Waals surface area contributed by atoms with Gasteiger partial charge in [-0.05, 0) is 67.4 Å². The number of fused-ring (bicyclic) bond motifs is 1. The number of hydrogen-bond acceptors (Lipinski definition) is 2. The number of aryl methyl sites for hydroxylation is 1. The summed E-state index contributed by atoms with van der Waals surface area (Å²) in [7, 11) is 0. The molecule has 158 valence electrons. The van der Waals surface area contributed by atoms with Gasteiger partial charge in [0.25, 0.3) is 0 Å². The second kappa shape index (κ2) is 8.02. The van der Waals surface area contributed by atoms with Gasteiger partial charge in [-0.3, -0.25) is 0 Å². The van der Waals surface area contributed by atoms with Gasteiger partial charge in [-0.15, -0.1) is 0 Å². The molecule has 0 radical (unpaired) electrons. The highest BCUT2D eigenvalue weighted by molar-refractivity contribution is 5.86. The predicted octanol–water partition coefficient (Wildman–Crippen LogP) is 7.47. The van der Waals surface area contributed by atoms with Crippen molar-refractivity contribution in [3.05, 3.63) is 83.7 Å². The Balaban J connectivity index is 1.73. The van der Waals surface area contributed by atoms with Crippen LogP contribution in [0, 0.1) is 12.7 Å². The Morgan fingerprint density at radius 1 is 0.903 bits per heavy atom. The van der Waals surface area contributed by atoms with Crippen LogP contribution in [0.3, 0.4) is 0 Å². The molecule has 0 amide bonds. The lowest BCUT2D eigenvalue weighted by atomic mass is 9.99. The monoisotopic (exact) mass is 424 g/mol. The molecule has 2 nitrogen and oxygen atoms in total. The fourth-order valence-corrected chi connectivity index (χ4v) is 3.63. The van der Waals surface area contributed by atoms with Gasteiger partial charge in [0.15, 0.2) is 0 Å². The minimum absolute atomic E-state index is 0.391. The lowest BCUT2D eigenvalue weighted by molar-refractivity contribution is -0.137. The van der Waals surface area contributed by atoms with Crippen LogP contribution < -0.4 is 5.32 Å². The largest absolute Gasteiger partial charge is 0.416 e. The fourth-order valence-electron chi connectivity index (χ4n) is 3.63. The number of pyridine rings is 1. The first-order valence-electron chi connectivity index (χ1n) is 9.89. The smallest absolute Gasteiger partial charge is 0.385 e. The van der Waals surface area contributed by atoms with Crippen LogP contribution >= 0.6 is 0 Å². The van der Waals surface area contributed by atoms with Gasteiger partial charge < -0.3 is 5.32 Å². The molecule has 0 saturated heterocycles. The molecule has 31 heavy (non-hydrogen) atoms. The third-order valence-corrected chi connectivity index (χ3v) is 5.16. The van der Waals surface area contributed by atoms with Crippen molar-refractivity contribution in [2.45, 2.75) is 20.0 Å². The zero-order valence-corrected chi connectivity index (χ0v) is 17.0.